The Morgan fingerprint density at radius 2 is 2.11 bits per heavy atom. The molecule has 0 bridgehead atoms. The first-order valence-corrected chi connectivity index (χ1v) is 5.99. The molecule has 0 aliphatic rings. The minimum Gasteiger partial charge on any atom is -0.394 e. The number of nitrogens with one attached hydrogen (secondary N) is 2. The van der Waals surface area contributed by atoms with E-state index >= 15 is 0 Å². The van der Waals surface area contributed by atoms with Crippen LogP contribution in [0.4, 0.5) is 11.8 Å². The van der Waals surface area contributed by atoms with Crippen molar-refractivity contribution in [3.05, 3.63) is 6.33 Å². The number of anilines is 2. The minimum absolute atomic E-state index is 0.0273. The molecule has 0 unspecified atom stereocenters. The Hall–Kier alpha value is -1.89. The van der Waals surface area contributed by atoms with Gasteiger partial charge in [-0.15, -0.1) is 0 Å². The molecule has 0 spiro atoms. The molecule has 0 radical (unpaired) electrons. The van der Waals surface area contributed by atoms with Gasteiger partial charge in [0, 0.05) is 0 Å². The highest BCUT2D eigenvalue weighted by Crippen LogP contribution is 2.25. The Balaban J connectivity index is 2.44. The van der Waals surface area contributed by atoms with E-state index in [1.54, 1.807) is 6.33 Å². The van der Waals surface area contributed by atoms with Gasteiger partial charge in [0.15, 0.2) is 11.5 Å². The van der Waals surface area contributed by atoms with E-state index < -0.39 is 5.54 Å². The molecule has 2 aromatic rings. The summed E-state index contributed by atoms with van der Waals surface area (Å²) in [4.78, 5) is 15.2. The fourth-order valence-electron chi connectivity index (χ4n) is 1.88. The summed E-state index contributed by atoms with van der Waals surface area (Å²) >= 11 is 0. The normalized spacial score (nSPS) is 11.9. The number of aliphatic hydroxyl groups is 1. The Kier molecular flexibility index (Phi) is 3.33. The molecule has 0 aliphatic carbocycles. The summed E-state index contributed by atoms with van der Waals surface area (Å²) in [5.74, 6) is 0.740. The van der Waals surface area contributed by atoms with Crippen molar-refractivity contribution >= 4 is 22.9 Å². The average Bonchev–Trinajstić information content (AvgIpc) is 2.84. The van der Waals surface area contributed by atoms with Gasteiger partial charge in [0.25, 0.3) is 0 Å². The van der Waals surface area contributed by atoms with Crippen molar-refractivity contribution in [1.82, 2.24) is 19.9 Å². The number of nitrogens with zero attached hydrogens (tertiary/aromatic N) is 3. The zero-order chi connectivity index (χ0) is 13.2. The van der Waals surface area contributed by atoms with Gasteiger partial charge in [0.1, 0.15) is 5.52 Å². The Morgan fingerprint density at radius 3 is 2.72 bits per heavy atom. The summed E-state index contributed by atoms with van der Waals surface area (Å²) in [5, 5.41) is 12.8. The van der Waals surface area contributed by atoms with Gasteiger partial charge >= 0.3 is 0 Å². The number of hydrogen-bond acceptors (Lipinski definition) is 6. The molecule has 18 heavy (non-hydrogen) atoms. The number of fused-ring (bicyclic) bond motifs is 1. The predicted octanol–water partition coefficient (Wildman–Crippen LogP) is 0.898. The van der Waals surface area contributed by atoms with Crippen LogP contribution in [0.3, 0.4) is 0 Å². The number of rotatable bonds is 5. The van der Waals surface area contributed by atoms with E-state index in [0.29, 0.717) is 17.0 Å². The number of aromatic nitrogens is 4. The SMILES string of the molecule is CCC(CC)(CO)Nc1nc(N)nc2nc[nH]c12. The topological polar surface area (TPSA) is 113 Å². The zero-order valence-electron chi connectivity index (χ0n) is 10.6. The van der Waals surface area contributed by atoms with Crippen LogP contribution in [0.15, 0.2) is 6.33 Å². The lowest BCUT2D eigenvalue weighted by atomic mass is 9.94. The lowest BCUT2D eigenvalue weighted by molar-refractivity contribution is 0.202. The number of nitrogens with two attached hydrogens (primary N) is 1. The quantitative estimate of drug-likeness (QED) is 0.627. The highest BCUT2D eigenvalue weighted by Gasteiger charge is 2.26. The molecule has 0 saturated carbocycles. The summed E-state index contributed by atoms with van der Waals surface area (Å²) in [6.45, 7) is 4.06. The molecular weight excluding hydrogens is 232 g/mol. The molecule has 5 N–H and O–H groups in total. The second-order valence-corrected chi connectivity index (χ2v) is 4.30. The van der Waals surface area contributed by atoms with E-state index in [9.17, 15) is 5.11 Å². The molecule has 98 valence electrons. The van der Waals surface area contributed by atoms with Crippen LogP contribution >= 0.6 is 0 Å². The third kappa shape index (κ3) is 2.08. The Labute approximate surface area is 105 Å². The fourth-order valence-corrected chi connectivity index (χ4v) is 1.88. The second kappa shape index (κ2) is 4.77. The van der Waals surface area contributed by atoms with Gasteiger partial charge in [0.05, 0.1) is 18.5 Å². The molecule has 7 nitrogen and oxygen atoms in total. The highest BCUT2D eigenvalue weighted by molar-refractivity contribution is 5.83. The van der Waals surface area contributed by atoms with Crippen molar-refractivity contribution in [3.8, 4) is 0 Å². The van der Waals surface area contributed by atoms with Crippen LogP contribution in [0.25, 0.3) is 11.2 Å². The van der Waals surface area contributed by atoms with E-state index in [-0.39, 0.29) is 12.6 Å². The van der Waals surface area contributed by atoms with Gasteiger partial charge in [-0.2, -0.15) is 9.97 Å². The molecule has 0 amide bonds. The average molecular weight is 250 g/mol. The third-order valence-corrected chi connectivity index (χ3v) is 3.34. The summed E-state index contributed by atoms with van der Waals surface area (Å²) in [6, 6.07) is 0. The van der Waals surface area contributed by atoms with Crippen LogP contribution < -0.4 is 11.1 Å². The van der Waals surface area contributed by atoms with Crippen molar-refractivity contribution in [2.75, 3.05) is 17.7 Å². The minimum atomic E-state index is -0.404. The Morgan fingerprint density at radius 1 is 1.39 bits per heavy atom. The number of H-pyrrole nitrogens is 1. The zero-order valence-corrected chi connectivity index (χ0v) is 10.6. The van der Waals surface area contributed by atoms with Gasteiger partial charge in [0.2, 0.25) is 5.95 Å². The molecule has 0 aliphatic heterocycles. The second-order valence-electron chi connectivity index (χ2n) is 4.30. The standard InChI is InChI=1S/C11H18N6O/c1-3-11(4-2,5-18)17-9-7-8(14-6-13-7)15-10(12)16-9/h6,18H,3-5H2,1-2H3,(H4,12,13,14,15,16,17). The molecule has 0 aromatic carbocycles. The first-order valence-electron chi connectivity index (χ1n) is 5.99. The molecular formula is C11H18N6O. The molecule has 0 fully saturated rings. The molecule has 7 heteroatoms. The van der Waals surface area contributed by atoms with Crippen LogP contribution in [0, 0.1) is 0 Å². The van der Waals surface area contributed by atoms with E-state index in [0.717, 1.165) is 12.8 Å². The van der Waals surface area contributed by atoms with Crippen LogP contribution in [0.2, 0.25) is 0 Å². The van der Waals surface area contributed by atoms with E-state index in [4.69, 9.17) is 5.73 Å². The third-order valence-electron chi connectivity index (χ3n) is 3.34. The van der Waals surface area contributed by atoms with E-state index in [1.165, 1.54) is 0 Å². The highest BCUT2D eigenvalue weighted by atomic mass is 16.3. The lowest BCUT2D eigenvalue weighted by Crippen LogP contribution is -2.41. The number of imidazole rings is 1. The lowest BCUT2D eigenvalue weighted by Gasteiger charge is -2.31. The molecule has 0 atom stereocenters. The van der Waals surface area contributed by atoms with Crippen molar-refractivity contribution < 1.29 is 5.11 Å². The van der Waals surface area contributed by atoms with Gasteiger partial charge in [-0.25, -0.2) is 4.98 Å². The number of aliphatic hydroxyl groups excluding tert-OH is 1. The summed E-state index contributed by atoms with van der Waals surface area (Å²) in [5.41, 5.74) is 6.46. The van der Waals surface area contributed by atoms with E-state index in [1.807, 2.05) is 13.8 Å². The van der Waals surface area contributed by atoms with Crippen LogP contribution in [0.1, 0.15) is 26.7 Å². The van der Waals surface area contributed by atoms with Crippen molar-refractivity contribution in [2.24, 2.45) is 0 Å². The van der Waals surface area contributed by atoms with Crippen molar-refractivity contribution in [2.45, 2.75) is 32.2 Å². The monoisotopic (exact) mass is 250 g/mol. The predicted molar refractivity (Wildman–Crippen MR) is 70.1 cm³/mol. The molecule has 0 saturated heterocycles. The maximum absolute atomic E-state index is 9.57. The molecule has 2 aromatic heterocycles. The maximum atomic E-state index is 9.57. The van der Waals surface area contributed by atoms with Crippen LogP contribution in [-0.2, 0) is 0 Å². The molecule has 2 heterocycles. The smallest absolute Gasteiger partial charge is 0.224 e. The summed E-state index contributed by atoms with van der Waals surface area (Å²) in [7, 11) is 0. The largest absolute Gasteiger partial charge is 0.394 e. The first kappa shape index (κ1) is 12.6. The van der Waals surface area contributed by atoms with Gasteiger partial charge < -0.3 is 21.1 Å². The molecule has 2 rings (SSSR count). The Bertz CT molecular complexity index is 525. The first-order chi connectivity index (χ1) is 8.64. The van der Waals surface area contributed by atoms with Gasteiger partial charge in [-0.3, -0.25) is 0 Å². The van der Waals surface area contributed by atoms with Gasteiger partial charge in [-0.1, -0.05) is 13.8 Å². The summed E-state index contributed by atoms with van der Waals surface area (Å²) in [6.07, 6.45) is 3.10. The van der Waals surface area contributed by atoms with E-state index in [2.05, 4.69) is 25.3 Å². The van der Waals surface area contributed by atoms with Crippen LogP contribution in [-0.4, -0.2) is 37.2 Å². The van der Waals surface area contributed by atoms with Crippen molar-refractivity contribution in [3.63, 3.8) is 0 Å². The number of nitrogen functional groups attached to an aromatic ring is 1. The van der Waals surface area contributed by atoms with Crippen molar-refractivity contribution in [1.29, 1.82) is 0 Å². The number of hydrogen-bond donors (Lipinski definition) is 4. The van der Waals surface area contributed by atoms with Gasteiger partial charge in [-0.05, 0) is 12.8 Å². The maximum Gasteiger partial charge on any atom is 0.224 e. The number of aromatic amines is 1. The van der Waals surface area contributed by atoms with Crippen LogP contribution in [0.5, 0.6) is 0 Å². The summed E-state index contributed by atoms with van der Waals surface area (Å²) < 4.78 is 0. The fraction of sp³-hybridized carbons (Fsp3) is 0.545.